The predicted molar refractivity (Wildman–Crippen MR) is 56.7 cm³/mol. The van der Waals surface area contributed by atoms with E-state index in [1.165, 1.54) is 0 Å². The molecule has 0 bridgehead atoms. The van der Waals surface area contributed by atoms with Crippen molar-refractivity contribution in [2.45, 2.75) is 43.9 Å². The van der Waals surface area contributed by atoms with Gasteiger partial charge in [-0.3, -0.25) is 0 Å². The summed E-state index contributed by atoms with van der Waals surface area (Å²) >= 11 is 0. The Morgan fingerprint density at radius 2 is 2.06 bits per heavy atom. The van der Waals surface area contributed by atoms with E-state index in [0.717, 1.165) is 19.4 Å². The van der Waals surface area contributed by atoms with Crippen LogP contribution in [0.5, 0.6) is 0 Å². The summed E-state index contributed by atoms with van der Waals surface area (Å²) in [4.78, 5) is 0. The quantitative estimate of drug-likeness (QED) is 0.347. The van der Waals surface area contributed by atoms with Gasteiger partial charge >= 0.3 is 0 Å². The van der Waals surface area contributed by atoms with E-state index in [1.54, 1.807) is 0 Å². The van der Waals surface area contributed by atoms with Gasteiger partial charge in [0.1, 0.15) is 18.3 Å². The number of nitrogens with one attached hydrogen (secondary N) is 1. The number of aliphatic hydroxyl groups excluding tert-OH is 3. The molecular formula is C10H21NO5. The first-order chi connectivity index (χ1) is 7.55. The topological polar surface area (TPSA) is 102 Å². The lowest BCUT2D eigenvalue weighted by atomic mass is 10.1. The lowest BCUT2D eigenvalue weighted by molar-refractivity contribution is -0.245. The molecule has 0 spiro atoms. The SMILES string of the molecule is CCCCNC[C@H]1O[C@@](O)(CO)[C@H](O)[C@@H]1O. The molecule has 0 unspecified atom stereocenters. The molecule has 1 aliphatic rings. The summed E-state index contributed by atoms with van der Waals surface area (Å²) in [5.74, 6) is -2.05. The molecule has 0 saturated carbocycles. The molecule has 6 heteroatoms. The Kier molecular flexibility index (Phi) is 5.10. The first-order valence-electron chi connectivity index (χ1n) is 5.63. The highest BCUT2D eigenvalue weighted by atomic mass is 16.7. The van der Waals surface area contributed by atoms with E-state index >= 15 is 0 Å². The summed E-state index contributed by atoms with van der Waals surface area (Å²) in [6.45, 7) is 2.45. The van der Waals surface area contributed by atoms with Gasteiger partial charge in [0.25, 0.3) is 0 Å². The molecule has 0 radical (unpaired) electrons. The summed E-state index contributed by atoms with van der Waals surface area (Å²) < 4.78 is 5.05. The van der Waals surface area contributed by atoms with Crippen molar-refractivity contribution in [3.63, 3.8) is 0 Å². The van der Waals surface area contributed by atoms with Gasteiger partial charge in [-0.2, -0.15) is 0 Å². The van der Waals surface area contributed by atoms with Crippen LogP contribution in [0.2, 0.25) is 0 Å². The Hall–Kier alpha value is -0.240. The van der Waals surface area contributed by atoms with Crippen LogP contribution in [-0.2, 0) is 4.74 Å². The van der Waals surface area contributed by atoms with E-state index in [-0.39, 0.29) is 0 Å². The largest absolute Gasteiger partial charge is 0.391 e. The van der Waals surface area contributed by atoms with Gasteiger partial charge in [-0.05, 0) is 13.0 Å². The zero-order chi connectivity index (χ0) is 12.2. The maximum absolute atomic E-state index is 9.60. The fourth-order valence-electron chi connectivity index (χ4n) is 1.71. The maximum Gasteiger partial charge on any atom is 0.219 e. The number of ether oxygens (including phenoxy) is 1. The van der Waals surface area contributed by atoms with E-state index in [4.69, 9.17) is 9.84 Å². The van der Waals surface area contributed by atoms with Gasteiger partial charge in [-0.1, -0.05) is 13.3 Å². The third-order valence-electron chi connectivity index (χ3n) is 2.80. The highest BCUT2D eigenvalue weighted by molar-refractivity contribution is 4.95. The summed E-state index contributed by atoms with van der Waals surface area (Å²) in [5.41, 5.74) is 0. The van der Waals surface area contributed by atoms with E-state index in [0.29, 0.717) is 6.54 Å². The van der Waals surface area contributed by atoms with E-state index in [2.05, 4.69) is 12.2 Å². The van der Waals surface area contributed by atoms with Crippen molar-refractivity contribution < 1.29 is 25.2 Å². The highest BCUT2D eigenvalue weighted by Gasteiger charge is 2.52. The molecule has 96 valence electrons. The number of hydrogen-bond donors (Lipinski definition) is 5. The van der Waals surface area contributed by atoms with Crippen molar-refractivity contribution in [2.75, 3.05) is 19.7 Å². The zero-order valence-corrected chi connectivity index (χ0v) is 9.46. The van der Waals surface area contributed by atoms with Crippen molar-refractivity contribution >= 4 is 0 Å². The second kappa shape index (κ2) is 5.90. The molecule has 0 aromatic carbocycles. The Morgan fingerprint density at radius 3 is 2.56 bits per heavy atom. The molecule has 1 rings (SSSR count). The summed E-state index contributed by atoms with van der Waals surface area (Å²) in [6.07, 6.45) is -1.30. The second-order valence-corrected chi connectivity index (χ2v) is 4.15. The number of hydrogen-bond acceptors (Lipinski definition) is 6. The molecule has 0 aromatic rings. The van der Waals surface area contributed by atoms with E-state index in [9.17, 15) is 15.3 Å². The van der Waals surface area contributed by atoms with Crippen LogP contribution in [0, 0.1) is 0 Å². The lowest BCUT2D eigenvalue weighted by Gasteiger charge is -2.22. The van der Waals surface area contributed by atoms with Crippen molar-refractivity contribution in [1.82, 2.24) is 5.32 Å². The number of rotatable bonds is 6. The van der Waals surface area contributed by atoms with Gasteiger partial charge < -0.3 is 30.5 Å². The van der Waals surface area contributed by atoms with Crippen LogP contribution >= 0.6 is 0 Å². The highest BCUT2D eigenvalue weighted by Crippen LogP contribution is 2.28. The second-order valence-electron chi connectivity index (χ2n) is 4.15. The summed E-state index contributed by atoms with van der Waals surface area (Å²) in [7, 11) is 0. The molecule has 6 nitrogen and oxygen atoms in total. The van der Waals surface area contributed by atoms with Gasteiger partial charge in [-0.25, -0.2) is 0 Å². The summed E-state index contributed by atoms with van der Waals surface area (Å²) in [6, 6.07) is 0. The lowest BCUT2D eigenvalue weighted by Crippen LogP contribution is -2.46. The van der Waals surface area contributed by atoms with Crippen LogP contribution < -0.4 is 5.32 Å². The number of aliphatic hydroxyl groups is 4. The smallest absolute Gasteiger partial charge is 0.219 e. The molecule has 1 aliphatic heterocycles. The molecule has 4 atom stereocenters. The molecule has 0 aliphatic carbocycles. The first kappa shape index (κ1) is 13.8. The predicted octanol–water partition coefficient (Wildman–Crippen LogP) is -1.82. The van der Waals surface area contributed by atoms with Crippen LogP contribution in [0.3, 0.4) is 0 Å². The van der Waals surface area contributed by atoms with Crippen molar-refractivity contribution in [3.05, 3.63) is 0 Å². The standard InChI is InChI=1S/C10H21NO5/c1-2-3-4-11-5-7-8(13)9(14)10(15,6-12)16-7/h7-9,11-15H,2-6H2,1H3/t7-,8-,9-,10+/m1/s1. The molecular weight excluding hydrogens is 214 g/mol. The minimum atomic E-state index is -2.05. The van der Waals surface area contributed by atoms with Gasteiger partial charge in [0.2, 0.25) is 5.79 Å². The third-order valence-corrected chi connectivity index (χ3v) is 2.80. The minimum Gasteiger partial charge on any atom is -0.391 e. The molecule has 0 aromatic heterocycles. The average Bonchev–Trinajstić information content (AvgIpc) is 2.50. The number of unbranched alkanes of at least 4 members (excludes halogenated alkanes) is 1. The Bertz CT molecular complexity index is 215. The molecule has 16 heavy (non-hydrogen) atoms. The van der Waals surface area contributed by atoms with Crippen molar-refractivity contribution in [2.24, 2.45) is 0 Å². The van der Waals surface area contributed by atoms with Gasteiger partial charge in [0, 0.05) is 6.54 Å². The molecule has 1 saturated heterocycles. The molecule has 0 amide bonds. The van der Waals surface area contributed by atoms with E-state index in [1.807, 2.05) is 0 Å². The Morgan fingerprint density at radius 1 is 1.38 bits per heavy atom. The van der Waals surface area contributed by atoms with Gasteiger partial charge in [0.15, 0.2) is 0 Å². The summed E-state index contributed by atoms with van der Waals surface area (Å²) in [5, 5.41) is 40.6. The Balaban J connectivity index is 2.39. The van der Waals surface area contributed by atoms with Gasteiger partial charge in [-0.15, -0.1) is 0 Å². The molecule has 5 N–H and O–H groups in total. The molecule has 1 fully saturated rings. The fourth-order valence-corrected chi connectivity index (χ4v) is 1.71. The maximum atomic E-state index is 9.60. The van der Waals surface area contributed by atoms with Crippen LogP contribution in [0.1, 0.15) is 19.8 Å². The van der Waals surface area contributed by atoms with Crippen LogP contribution in [0.4, 0.5) is 0 Å². The van der Waals surface area contributed by atoms with Gasteiger partial charge in [0.05, 0.1) is 6.61 Å². The van der Waals surface area contributed by atoms with Crippen LogP contribution in [0.25, 0.3) is 0 Å². The normalized spacial score (nSPS) is 39.2. The van der Waals surface area contributed by atoms with Crippen LogP contribution in [0.15, 0.2) is 0 Å². The monoisotopic (exact) mass is 235 g/mol. The minimum absolute atomic E-state index is 0.334. The van der Waals surface area contributed by atoms with Crippen molar-refractivity contribution in [3.8, 4) is 0 Å². The fraction of sp³-hybridized carbons (Fsp3) is 1.00. The molecule has 1 heterocycles. The average molecular weight is 235 g/mol. The zero-order valence-electron chi connectivity index (χ0n) is 9.46. The van der Waals surface area contributed by atoms with Crippen molar-refractivity contribution in [1.29, 1.82) is 0 Å². The first-order valence-corrected chi connectivity index (χ1v) is 5.63. The Labute approximate surface area is 94.9 Å². The van der Waals surface area contributed by atoms with E-state index < -0.39 is 30.7 Å². The van der Waals surface area contributed by atoms with Crippen LogP contribution in [-0.4, -0.2) is 64.2 Å². The third kappa shape index (κ3) is 2.91.